The summed E-state index contributed by atoms with van der Waals surface area (Å²) in [5.74, 6) is 0.452. The van der Waals surface area contributed by atoms with Crippen molar-refractivity contribution in [3.05, 3.63) is 29.3 Å². The molecule has 1 aliphatic heterocycles. The van der Waals surface area contributed by atoms with Crippen LogP contribution in [0, 0.1) is 19.8 Å². The third-order valence-corrected chi connectivity index (χ3v) is 3.92. The highest BCUT2D eigenvalue weighted by atomic mass is 16.2. The molecule has 4 heteroatoms. The Balaban J connectivity index is 2.42. The van der Waals surface area contributed by atoms with E-state index in [1.165, 1.54) is 11.1 Å². The lowest BCUT2D eigenvalue weighted by Gasteiger charge is -2.32. The summed E-state index contributed by atoms with van der Waals surface area (Å²) in [6.45, 7) is 8.26. The number of hydrogen-bond donors (Lipinski definition) is 2. The van der Waals surface area contributed by atoms with E-state index in [1.54, 1.807) is 0 Å². The van der Waals surface area contributed by atoms with Gasteiger partial charge in [-0.1, -0.05) is 19.1 Å². The fourth-order valence-electron chi connectivity index (χ4n) is 2.61. The Morgan fingerprint density at radius 3 is 2.84 bits per heavy atom. The van der Waals surface area contributed by atoms with Crippen molar-refractivity contribution < 1.29 is 4.79 Å². The van der Waals surface area contributed by atoms with E-state index in [1.807, 2.05) is 6.07 Å². The van der Waals surface area contributed by atoms with E-state index in [0.717, 1.165) is 18.8 Å². The maximum Gasteiger partial charge on any atom is 0.244 e. The van der Waals surface area contributed by atoms with Gasteiger partial charge >= 0.3 is 0 Å². The lowest BCUT2D eigenvalue weighted by molar-refractivity contribution is -0.121. The molecule has 0 spiro atoms. The third kappa shape index (κ3) is 2.73. The summed E-state index contributed by atoms with van der Waals surface area (Å²) in [6.07, 6.45) is 0. The summed E-state index contributed by atoms with van der Waals surface area (Å²) in [4.78, 5) is 14.3. The van der Waals surface area contributed by atoms with Crippen molar-refractivity contribution in [2.24, 2.45) is 11.7 Å². The van der Waals surface area contributed by atoms with Gasteiger partial charge in [0, 0.05) is 25.3 Å². The van der Waals surface area contributed by atoms with Crippen LogP contribution in [0.4, 0.5) is 5.69 Å². The number of anilines is 1. The number of nitrogens with one attached hydrogen (secondary N) is 1. The average Bonchev–Trinajstić information content (AvgIpc) is 2.52. The maximum absolute atomic E-state index is 12.1. The first-order valence-corrected chi connectivity index (χ1v) is 6.85. The molecule has 0 bridgehead atoms. The Morgan fingerprint density at radius 1 is 1.42 bits per heavy atom. The molecule has 0 radical (unpaired) electrons. The molecule has 2 atom stereocenters. The molecule has 104 valence electrons. The Morgan fingerprint density at radius 2 is 2.16 bits per heavy atom. The van der Waals surface area contributed by atoms with Crippen molar-refractivity contribution in [2.45, 2.75) is 26.8 Å². The molecule has 1 saturated heterocycles. The third-order valence-electron chi connectivity index (χ3n) is 3.92. The minimum Gasteiger partial charge on any atom is -0.358 e. The topological polar surface area (TPSA) is 58.4 Å². The van der Waals surface area contributed by atoms with Crippen LogP contribution in [-0.4, -0.2) is 31.6 Å². The number of hydrogen-bond acceptors (Lipinski definition) is 3. The van der Waals surface area contributed by atoms with Gasteiger partial charge in [-0.3, -0.25) is 4.79 Å². The summed E-state index contributed by atoms with van der Waals surface area (Å²) >= 11 is 0. The quantitative estimate of drug-likeness (QED) is 0.841. The highest BCUT2D eigenvalue weighted by molar-refractivity contribution is 5.86. The van der Waals surface area contributed by atoms with Crippen molar-refractivity contribution in [3.8, 4) is 0 Å². The number of amides is 1. The van der Waals surface area contributed by atoms with Crippen LogP contribution >= 0.6 is 0 Å². The van der Waals surface area contributed by atoms with Crippen molar-refractivity contribution >= 4 is 11.6 Å². The van der Waals surface area contributed by atoms with Crippen LogP contribution in [0.2, 0.25) is 0 Å². The minimum absolute atomic E-state index is 0.0350. The van der Waals surface area contributed by atoms with Crippen molar-refractivity contribution in [1.82, 2.24) is 5.32 Å². The zero-order valence-electron chi connectivity index (χ0n) is 11.9. The zero-order chi connectivity index (χ0) is 14.0. The van der Waals surface area contributed by atoms with Gasteiger partial charge in [-0.2, -0.15) is 0 Å². The number of aryl methyl sites for hydroxylation is 1. The molecular weight excluding hydrogens is 238 g/mol. The van der Waals surface area contributed by atoms with Gasteiger partial charge in [-0.25, -0.2) is 0 Å². The molecule has 1 aromatic rings. The Labute approximate surface area is 115 Å². The first kappa shape index (κ1) is 13.9. The van der Waals surface area contributed by atoms with E-state index in [2.05, 4.69) is 43.1 Å². The molecule has 4 nitrogen and oxygen atoms in total. The second kappa shape index (κ2) is 5.61. The average molecular weight is 261 g/mol. The van der Waals surface area contributed by atoms with E-state index >= 15 is 0 Å². The first-order valence-electron chi connectivity index (χ1n) is 6.85. The van der Waals surface area contributed by atoms with Gasteiger partial charge in [-0.15, -0.1) is 0 Å². The van der Waals surface area contributed by atoms with E-state index in [0.29, 0.717) is 12.5 Å². The van der Waals surface area contributed by atoms with Crippen LogP contribution in [0.25, 0.3) is 0 Å². The highest BCUT2D eigenvalue weighted by Crippen LogP contribution is 2.26. The van der Waals surface area contributed by atoms with E-state index in [-0.39, 0.29) is 11.9 Å². The number of carbonyl (C=O) groups excluding carboxylic acids is 1. The minimum atomic E-state index is -0.273. The molecule has 0 aromatic heterocycles. The molecule has 2 unspecified atom stereocenters. The number of rotatable bonds is 2. The van der Waals surface area contributed by atoms with Crippen LogP contribution in [0.15, 0.2) is 18.2 Å². The zero-order valence-corrected chi connectivity index (χ0v) is 11.9. The molecule has 1 fully saturated rings. The van der Waals surface area contributed by atoms with E-state index in [4.69, 9.17) is 5.73 Å². The van der Waals surface area contributed by atoms with Crippen LogP contribution < -0.4 is 16.0 Å². The predicted molar refractivity (Wildman–Crippen MR) is 78.3 cm³/mol. The molecular formula is C15H23N3O. The largest absolute Gasteiger partial charge is 0.358 e. The van der Waals surface area contributed by atoms with Gasteiger partial charge in [0.05, 0.1) is 0 Å². The lowest BCUT2D eigenvalue weighted by Crippen LogP contribution is -2.49. The Bertz CT molecular complexity index is 472. The summed E-state index contributed by atoms with van der Waals surface area (Å²) in [6, 6.07) is 5.94. The van der Waals surface area contributed by atoms with Crippen molar-refractivity contribution in [2.75, 3.05) is 24.5 Å². The molecule has 1 aromatic carbocycles. The van der Waals surface area contributed by atoms with Crippen LogP contribution in [0.5, 0.6) is 0 Å². The molecule has 1 heterocycles. The highest BCUT2D eigenvalue weighted by Gasteiger charge is 2.30. The summed E-state index contributed by atoms with van der Waals surface area (Å²) < 4.78 is 0. The molecule has 1 aliphatic rings. The van der Waals surface area contributed by atoms with Gasteiger partial charge < -0.3 is 16.0 Å². The van der Waals surface area contributed by atoms with E-state index < -0.39 is 0 Å². The second-order valence-electron chi connectivity index (χ2n) is 5.47. The summed E-state index contributed by atoms with van der Waals surface area (Å²) in [5, 5.41) is 2.97. The molecule has 3 N–H and O–H groups in total. The lowest BCUT2D eigenvalue weighted by atomic mass is 10.0. The fourth-order valence-corrected chi connectivity index (χ4v) is 2.61. The molecule has 1 amide bonds. The van der Waals surface area contributed by atoms with Gasteiger partial charge in [-0.05, 0) is 37.0 Å². The number of benzene rings is 1. The first-order chi connectivity index (χ1) is 9.04. The van der Waals surface area contributed by atoms with Gasteiger partial charge in [0.1, 0.15) is 6.04 Å². The predicted octanol–water partition coefficient (Wildman–Crippen LogP) is 1.20. The normalized spacial score (nSPS) is 24.0. The SMILES string of the molecule is Cc1cccc(N2CC(C)CNC(=O)C2CN)c1C. The smallest absolute Gasteiger partial charge is 0.244 e. The maximum atomic E-state index is 12.1. The van der Waals surface area contributed by atoms with E-state index in [9.17, 15) is 4.79 Å². The number of nitrogens with two attached hydrogens (primary N) is 1. The van der Waals surface area contributed by atoms with Crippen LogP contribution in [0.1, 0.15) is 18.1 Å². The van der Waals surface area contributed by atoms with Crippen molar-refractivity contribution in [3.63, 3.8) is 0 Å². The van der Waals surface area contributed by atoms with Gasteiger partial charge in [0.25, 0.3) is 0 Å². The van der Waals surface area contributed by atoms with Gasteiger partial charge in [0.2, 0.25) is 5.91 Å². The molecule has 0 saturated carbocycles. The van der Waals surface area contributed by atoms with Crippen LogP contribution in [-0.2, 0) is 4.79 Å². The molecule has 0 aliphatic carbocycles. The van der Waals surface area contributed by atoms with Gasteiger partial charge in [0.15, 0.2) is 0 Å². The number of carbonyl (C=O) groups is 1. The summed E-state index contributed by atoms with van der Waals surface area (Å²) in [7, 11) is 0. The Hall–Kier alpha value is -1.55. The monoisotopic (exact) mass is 261 g/mol. The second-order valence-corrected chi connectivity index (χ2v) is 5.47. The standard InChI is InChI=1S/C15H23N3O/c1-10-8-17-15(19)14(7-16)18(9-10)13-6-4-5-11(2)12(13)3/h4-6,10,14H,7-9,16H2,1-3H3,(H,17,19). The molecule has 2 rings (SSSR count). The van der Waals surface area contributed by atoms with Crippen molar-refractivity contribution in [1.29, 1.82) is 0 Å². The fraction of sp³-hybridized carbons (Fsp3) is 0.533. The number of nitrogens with zero attached hydrogens (tertiary/aromatic N) is 1. The van der Waals surface area contributed by atoms with Crippen LogP contribution in [0.3, 0.4) is 0 Å². The summed E-state index contributed by atoms with van der Waals surface area (Å²) in [5.41, 5.74) is 9.41. The Kier molecular flexibility index (Phi) is 4.10. The molecule has 19 heavy (non-hydrogen) atoms.